The van der Waals surface area contributed by atoms with Gasteiger partial charge in [-0.2, -0.15) is 11.8 Å². The van der Waals surface area contributed by atoms with E-state index < -0.39 is 0 Å². The number of thioether (sulfide) groups is 1. The number of aryl methyl sites for hydroxylation is 1. The van der Waals surface area contributed by atoms with Crippen LogP contribution in [-0.2, 0) is 5.75 Å². The van der Waals surface area contributed by atoms with Crippen LogP contribution < -0.4 is 10.1 Å². The fourth-order valence-corrected chi connectivity index (χ4v) is 3.18. The van der Waals surface area contributed by atoms with Gasteiger partial charge in [0.05, 0.1) is 11.6 Å². The van der Waals surface area contributed by atoms with E-state index in [1.807, 2.05) is 6.92 Å². The zero-order valence-corrected chi connectivity index (χ0v) is 15.5. The van der Waals surface area contributed by atoms with Gasteiger partial charge in [0.25, 0.3) is 5.91 Å². The number of amides is 1. The highest BCUT2D eigenvalue weighted by Gasteiger charge is 2.08. The van der Waals surface area contributed by atoms with Crippen molar-refractivity contribution in [3.8, 4) is 5.75 Å². The van der Waals surface area contributed by atoms with Crippen molar-refractivity contribution in [2.45, 2.75) is 19.6 Å². The lowest BCUT2D eigenvalue weighted by Crippen LogP contribution is -2.25. The Kier molecular flexibility index (Phi) is 7.47. The summed E-state index contributed by atoms with van der Waals surface area (Å²) in [5.41, 5.74) is 3.12. The van der Waals surface area contributed by atoms with Crippen molar-refractivity contribution in [1.29, 1.82) is 0 Å². The molecule has 24 heavy (non-hydrogen) atoms. The Morgan fingerprint density at radius 3 is 2.62 bits per heavy atom. The summed E-state index contributed by atoms with van der Waals surface area (Å²) in [4.78, 5) is 12.1. The Hall–Kier alpha value is -1.65. The second-order valence-corrected chi connectivity index (χ2v) is 6.88. The van der Waals surface area contributed by atoms with Crippen LogP contribution in [0.3, 0.4) is 0 Å². The molecule has 1 amide bonds. The van der Waals surface area contributed by atoms with Crippen LogP contribution in [-0.4, -0.2) is 24.8 Å². The molecule has 0 heterocycles. The minimum absolute atomic E-state index is 0.115. The fraction of sp³-hybridized carbons (Fsp3) is 0.316. The van der Waals surface area contributed by atoms with E-state index in [0.717, 1.165) is 11.5 Å². The maximum Gasteiger partial charge on any atom is 0.251 e. The quantitative estimate of drug-likeness (QED) is 0.690. The molecule has 128 valence electrons. The van der Waals surface area contributed by atoms with Gasteiger partial charge in [-0.1, -0.05) is 41.4 Å². The molecule has 0 aliphatic rings. The molecular weight excluding hydrogens is 342 g/mol. The first kappa shape index (κ1) is 18.7. The van der Waals surface area contributed by atoms with Crippen LogP contribution in [0, 0.1) is 6.92 Å². The van der Waals surface area contributed by atoms with Crippen LogP contribution in [0.15, 0.2) is 42.5 Å². The minimum Gasteiger partial charge on any atom is -0.492 e. The van der Waals surface area contributed by atoms with E-state index in [1.54, 1.807) is 30.0 Å². The lowest BCUT2D eigenvalue weighted by molar-refractivity contribution is 0.0956. The van der Waals surface area contributed by atoms with Gasteiger partial charge in [-0.3, -0.25) is 4.79 Å². The lowest BCUT2D eigenvalue weighted by atomic mass is 10.2. The van der Waals surface area contributed by atoms with Gasteiger partial charge < -0.3 is 10.1 Å². The van der Waals surface area contributed by atoms with Crippen molar-refractivity contribution in [2.75, 3.05) is 18.9 Å². The molecule has 0 unspecified atom stereocenters. The highest BCUT2D eigenvalue weighted by Crippen LogP contribution is 2.25. The summed E-state index contributed by atoms with van der Waals surface area (Å²) in [6.07, 6.45) is 0. The van der Waals surface area contributed by atoms with Crippen molar-refractivity contribution in [1.82, 2.24) is 5.32 Å². The summed E-state index contributed by atoms with van der Waals surface area (Å²) in [6, 6.07) is 13.6. The average Bonchev–Trinajstić information content (AvgIpc) is 2.58. The number of carbonyl (C=O) groups is 1. The predicted molar refractivity (Wildman–Crippen MR) is 102 cm³/mol. The molecule has 0 aliphatic carbocycles. The molecule has 0 fully saturated rings. The van der Waals surface area contributed by atoms with Crippen LogP contribution in [0.5, 0.6) is 5.75 Å². The van der Waals surface area contributed by atoms with Crippen LogP contribution in [0.25, 0.3) is 0 Å². The number of ether oxygens (including phenoxy) is 1. The van der Waals surface area contributed by atoms with Crippen molar-refractivity contribution in [2.24, 2.45) is 0 Å². The largest absolute Gasteiger partial charge is 0.492 e. The number of nitrogens with one attached hydrogen (secondary N) is 1. The van der Waals surface area contributed by atoms with Crippen LogP contribution in [0.2, 0.25) is 5.02 Å². The number of hydrogen-bond donors (Lipinski definition) is 1. The third-order valence-electron chi connectivity index (χ3n) is 3.42. The van der Waals surface area contributed by atoms with E-state index in [9.17, 15) is 4.79 Å². The van der Waals surface area contributed by atoms with Gasteiger partial charge in [-0.15, -0.1) is 0 Å². The zero-order chi connectivity index (χ0) is 17.4. The number of rotatable bonds is 8. The predicted octanol–water partition coefficient (Wildman–Crippen LogP) is 4.71. The summed E-state index contributed by atoms with van der Waals surface area (Å²) in [5.74, 6) is 2.30. The second kappa shape index (κ2) is 9.60. The van der Waals surface area contributed by atoms with Crippen molar-refractivity contribution in [3.05, 3.63) is 64.2 Å². The SMILES string of the molecule is CCOc1ccc(C(=O)NCCSCc2ccc(C)cc2)cc1Cl. The fourth-order valence-electron chi connectivity index (χ4n) is 2.13. The Morgan fingerprint density at radius 1 is 1.21 bits per heavy atom. The molecule has 0 saturated carbocycles. The molecule has 2 rings (SSSR count). The van der Waals surface area contributed by atoms with Gasteiger partial charge >= 0.3 is 0 Å². The standard InChI is InChI=1S/C19H22ClNO2S/c1-3-23-18-9-8-16(12-17(18)20)19(22)21-10-11-24-13-15-6-4-14(2)5-7-15/h4-9,12H,3,10-11,13H2,1-2H3,(H,21,22). The molecule has 2 aromatic carbocycles. The van der Waals surface area contributed by atoms with Crippen molar-refractivity contribution >= 4 is 29.3 Å². The van der Waals surface area contributed by atoms with E-state index in [1.165, 1.54) is 11.1 Å². The third kappa shape index (κ3) is 5.77. The summed E-state index contributed by atoms with van der Waals surface area (Å²) < 4.78 is 5.37. The van der Waals surface area contributed by atoms with Gasteiger partial charge in [-0.25, -0.2) is 0 Å². The third-order valence-corrected chi connectivity index (χ3v) is 4.74. The molecule has 0 aliphatic heterocycles. The number of halogens is 1. The van der Waals surface area contributed by atoms with Crippen LogP contribution >= 0.6 is 23.4 Å². The molecular formula is C19H22ClNO2S. The Morgan fingerprint density at radius 2 is 1.96 bits per heavy atom. The zero-order valence-electron chi connectivity index (χ0n) is 14.0. The van der Waals surface area contributed by atoms with E-state index in [2.05, 4.69) is 36.5 Å². The van der Waals surface area contributed by atoms with Gasteiger partial charge in [0.1, 0.15) is 5.75 Å². The van der Waals surface area contributed by atoms with E-state index in [0.29, 0.717) is 29.5 Å². The molecule has 0 saturated heterocycles. The maximum absolute atomic E-state index is 12.1. The molecule has 1 N–H and O–H groups in total. The van der Waals surface area contributed by atoms with Crippen molar-refractivity contribution in [3.63, 3.8) is 0 Å². The smallest absolute Gasteiger partial charge is 0.251 e. The summed E-state index contributed by atoms with van der Waals surface area (Å²) in [5, 5.41) is 3.37. The molecule has 0 atom stereocenters. The first-order valence-corrected chi connectivity index (χ1v) is 9.47. The summed E-state index contributed by atoms with van der Waals surface area (Å²) in [7, 11) is 0. The first-order valence-electron chi connectivity index (χ1n) is 7.94. The molecule has 0 spiro atoms. The van der Waals surface area contributed by atoms with Gasteiger partial charge in [-0.05, 0) is 37.6 Å². The molecule has 2 aromatic rings. The highest BCUT2D eigenvalue weighted by atomic mass is 35.5. The second-order valence-electron chi connectivity index (χ2n) is 5.37. The molecule has 0 radical (unpaired) electrons. The van der Waals surface area contributed by atoms with Crippen LogP contribution in [0.1, 0.15) is 28.4 Å². The number of carbonyl (C=O) groups excluding carboxylic acids is 1. The lowest BCUT2D eigenvalue weighted by Gasteiger charge is -2.09. The van der Waals surface area contributed by atoms with Gasteiger partial charge in [0.15, 0.2) is 0 Å². The molecule has 0 bridgehead atoms. The summed E-state index contributed by atoms with van der Waals surface area (Å²) in [6.45, 7) is 5.15. The Bertz CT molecular complexity index is 674. The average molecular weight is 364 g/mol. The molecule has 5 heteroatoms. The normalized spacial score (nSPS) is 10.5. The first-order chi connectivity index (χ1) is 11.6. The molecule has 3 nitrogen and oxygen atoms in total. The Labute approximate surface area is 152 Å². The minimum atomic E-state index is -0.115. The topological polar surface area (TPSA) is 38.3 Å². The van der Waals surface area contributed by atoms with Crippen LogP contribution in [0.4, 0.5) is 0 Å². The van der Waals surface area contributed by atoms with Gasteiger partial charge in [0, 0.05) is 23.6 Å². The number of hydrogen-bond acceptors (Lipinski definition) is 3. The highest BCUT2D eigenvalue weighted by molar-refractivity contribution is 7.98. The van der Waals surface area contributed by atoms with E-state index >= 15 is 0 Å². The monoisotopic (exact) mass is 363 g/mol. The van der Waals surface area contributed by atoms with E-state index in [-0.39, 0.29) is 5.91 Å². The van der Waals surface area contributed by atoms with Crippen molar-refractivity contribution < 1.29 is 9.53 Å². The maximum atomic E-state index is 12.1. The Balaban J connectivity index is 1.73. The van der Waals surface area contributed by atoms with E-state index in [4.69, 9.17) is 16.3 Å². The summed E-state index contributed by atoms with van der Waals surface area (Å²) >= 11 is 7.91. The van der Waals surface area contributed by atoms with Gasteiger partial charge in [0.2, 0.25) is 0 Å². The number of benzene rings is 2. The molecule has 0 aromatic heterocycles.